The molecule has 0 aromatic carbocycles. The number of thioether (sulfide) groups is 1. The first kappa shape index (κ1) is 11.8. The van der Waals surface area contributed by atoms with Gasteiger partial charge in [-0.15, -0.1) is 0 Å². The van der Waals surface area contributed by atoms with Crippen LogP contribution in [-0.4, -0.2) is 24.6 Å². The van der Waals surface area contributed by atoms with Crippen LogP contribution < -0.4 is 0 Å². The van der Waals surface area contributed by atoms with E-state index in [1.165, 1.54) is 32.8 Å². The van der Waals surface area contributed by atoms with Gasteiger partial charge in [0.25, 0.3) is 0 Å². The second-order valence-corrected chi connectivity index (χ2v) is 3.79. The molecule has 0 spiro atoms. The lowest BCUT2D eigenvalue weighted by molar-refractivity contribution is -0.137. The molecule has 0 heterocycles. The molecule has 0 bridgehead atoms. The number of methoxy groups -OCH3 is 1. The van der Waals surface area contributed by atoms with Gasteiger partial charge in [-0.1, -0.05) is 26.2 Å². The third-order valence-electron chi connectivity index (χ3n) is 1.59. The molecule has 0 aromatic rings. The van der Waals surface area contributed by atoms with E-state index in [1.807, 2.05) is 0 Å². The number of ether oxygens (including phenoxy) is 1. The summed E-state index contributed by atoms with van der Waals surface area (Å²) in [4.78, 5) is 10.7. The van der Waals surface area contributed by atoms with E-state index in [0.717, 1.165) is 5.75 Å². The number of hydrogen-bond donors (Lipinski definition) is 0. The molecule has 0 radical (unpaired) electrons. The second-order valence-electron chi connectivity index (χ2n) is 2.69. The lowest BCUT2D eigenvalue weighted by atomic mass is 10.2. The summed E-state index contributed by atoms with van der Waals surface area (Å²) in [6.07, 6.45) is 5.07. The minimum Gasteiger partial charge on any atom is -0.468 e. The highest BCUT2D eigenvalue weighted by atomic mass is 32.2. The fourth-order valence-electron chi connectivity index (χ4n) is 0.845. The zero-order valence-corrected chi connectivity index (χ0v) is 8.78. The molecule has 0 atom stereocenters. The molecular formula is C9H18O2S. The van der Waals surface area contributed by atoms with Crippen LogP contribution in [-0.2, 0) is 9.53 Å². The molecule has 0 aliphatic heterocycles. The number of hydrogen-bond acceptors (Lipinski definition) is 3. The number of esters is 1. The molecular weight excluding hydrogens is 172 g/mol. The Morgan fingerprint density at radius 3 is 2.67 bits per heavy atom. The summed E-state index contributed by atoms with van der Waals surface area (Å²) < 4.78 is 4.52. The lowest BCUT2D eigenvalue weighted by Gasteiger charge is -1.99. The van der Waals surface area contributed by atoms with Gasteiger partial charge in [0.1, 0.15) is 0 Å². The number of rotatable bonds is 7. The van der Waals surface area contributed by atoms with Gasteiger partial charge < -0.3 is 4.74 Å². The topological polar surface area (TPSA) is 26.3 Å². The Labute approximate surface area is 79.1 Å². The van der Waals surface area contributed by atoms with E-state index >= 15 is 0 Å². The highest BCUT2D eigenvalue weighted by Crippen LogP contribution is 2.07. The number of carbonyl (C=O) groups excluding carboxylic acids is 1. The van der Waals surface area contributed by atoms with Gasteiger partial charge in [0.2, 0.25) is 0 Å². The van der Waals surface area contributed by atoms with Crippen molar-refractivity contribution in [1.29, 1.82) is 0 Å². The van der Waals surface area contributed by atoms with Crippen LogP contribution in [0.15, 0.2) is 0 Å². The maximum atomic E-state index is 10.7. The molecule has 0 unspecified atom stereocenters. The van der Waals surface area contributed by atoms with Crippen LogP contribution in [0.2, 0.25) is 0 Å². The van der Waals surface area contributed by atoms with Crippen molar-refractivity contribution in [3.8, 4) is 0 Å². The Bertz CT molecular complexity index is 115. The Morgan fingerprint density at radius 1 is 1.33 bits per heavy atom. The zero-order valence-electron chi connectivity index (χ0n) is 7.97. The van der Waals surface area contributed by atoms with Crippen LogP contribution in [0.4, 0.5) is 0 Å². The summed E-state index contributed by atoms with van der Waals surface area (Å²) in [5.41, 5.74) is 0. The van der Waals surface area contributed by atoms with Crippen LogP contribution >= 0.6 is 11.8 Å². The molecule has 0 fully saturated rings. The molecule has 0 rings (SSSR count). The minimum absolute atomic E-state index is 0.115. The highest BCUT2D eigenvalue weighted by Gasteiger charge is 1.98. The molecule has 3 heteroatoms. The molecule has 12 heavy (non-hydrogen) atoms. The van der Waals surface area contributed by atoms with Gasteiger partial charge in [0.15, 0.2) is 0 Å². The van der Waals surface area contributed by atoms with E-state index in [2.05, 4.69) is 11.7 Å². The maximum absolute atomic E-state index is 10.7. The molecule has 0 aliphatic rings. The van der Waals surface area contributed by atoms with Crippen molar-refractivity contribution < 1.29 is 9.53 Å². The van der Waals surface area contributed by atoms with Gasteiger partial charge in [-0.2, -0.15) is 11.8 Å². The Kier molecular flexibility index (Phi) is 8.78. The van der Waals surface area contributed by atoms with Gasteiger partial charge in [-0.3, -0.25) is 4.79 Å². The predicted octanol–water partition coefficient (Wildman–Crippen LogP) is 2.47. The summed E-state index contributed by atoms with van der Waals surface area (Å²) in [7, 11) is 1.43. The quantitative estimate of drug-likeness (QED) is 0.455. The lowest BCUT2D eigenvalue weighted by Crippen LogP contribution is -2.03. The van der Waals surface area contributed by atoms with Crippen molar-refractivity contribution in [1.82, 2.24) is 0 Å². The first-order valence-electron chi connectivity index (χ1n) is 4.45. The molecule has 0 N–H and O–H groups in total. The van der Waals surface area contributed by atoms with Crippen LogP contribution in [0.5, 0.6) is 0 Å². The smallest absolute Gasteiger partial charge is 0.315 e. The van der Waals surface area contributed by atoms with Gasteiger partial charge in [-0.05, 0) is 12.2 Å². The van der Waals surface area contributed by atoms with E-state index < -0.39 is 0 Å². The molecule has 0 saturated carbocycles. The second kappa shape index (κ2) is 8.91. The van der Waals surface area contributed by atoms with Crippen molar-refractivity contribution in [2.75, 3.05) is 18.6 Å². The summed E-state index contributed by atoms with van der Waals surface area (Å²) in [5.74, 6) is 1.47. The molecule has 0 aromatic heterocycles. The van der Waals surface area contributed by atoms with E-state index in [1.54, 1.807) is 11.8 Å². The van der Waals surface area contributed by atoms with Crippen LogP contribution in [0.1, 0.15) is 32.6 Å². The molecule has 2 nitrogen and oxygen atoms in total. The van der Waals surface area contributed by atoms with E-state index in [4.69, 9.17) is 0 Å². The van der Waals surface area contributed by atoms with Crippen molar-refractivity contribution in [2.45, 2.75) is 32.6 Å². The third kappa shape index (κ3) is 7.92. The van der Waals surface area contributed by atoms with Gasteiger partial charge >= 0.3 is 5.97 Å². The van der Waals surface area contributed by atoms with Crippen LogP contribution in [0.3, 0.4) is 0 Å². The summed E-state index contributed by atoms with van der Waals surface area (Å²) in [6.45, 7) is 2.20. The highest BCUT2D eigenvalue weighted by molar-refractivity contribution is 7.99. The minimum atomic E-state index is -0.115. The first-order valence-corrected chi connectivity index (χ1v) is 5.61. The summed E-state index contributed by atoms with van der Waals surface area (Å²) in [6, 6.07) is 0. The Hall–Kier alpha value is -0.180. The Morgan fingerprint density at radius 2 is 2.08 bits per heavy atom. The molecule has 0 amide bonds. The largest absolute Gasteiger partial charge is 0.468 e. The van der Waals surface area contributed by atoms with E-state index in [-0.39, 0.29) is 5.97 Å². The van der Waals surface area contributed by atoms with Gasteiger partial charge in [0.05, 0.1) is 12.9 Å². The summed E-state index contributed by atoms with van der Waals surface area (Å²) >= 11 is 1.66. The Balaban J connectivity index is 2.95. The normalized spacial score (nSPS) is 9.83. The fourth-order valence-corrected chi connectivity index (χ4v) is 1.68. The molecule has 72 valence electrons. The van der Waals surface area contributed by atoms with Crippen LogP contribution in [0, 0.1) is 0 Å². The van der Waals surface area contributed by atoms with E-state index in [0.29, 0.717) is 5.75 Å². The zero-order chi connectivity index (χ0) is 9.23. The average molecular weight is 190 g/mol. The first-order chi connectivity index (χ1) is 5.81. The maximum Gasteiger partial charge on any atom is 0.315 e. The average Bonchev–Trinajstić information content (AvgIpc) is 2.10. The fraction of sp³-hybridized carbons (Fsp3) is 0.889. The SMILES string of the molecule is CCCCCCSCC(=O)OC. The van der Waals surface area contributed by atoms with Crippen molar-refractivity contribution >= 4 is 17.7 Å². The molecule has 0 aliphatic carbocycles. The number of carbonyl (C=O) groups is 1. The standard InChI is InChI=1S/C9H18O2S/c1-3-4-5-6-7-12-8-9(10)11-2/h3-8H2,1-2H3. The molecule has 0 saturated heterocycles. The number of unbranched alkanes of at least 4 members (excludes halogenated alkanes) is 3. The van der Waals surface area contributed by atoms with Crippen molar-refractivity contribution in [3.05, 3.63) is 0 Å². The van der Waals surface area contributed by atoms with Crippen LogP contribution in [0.25, 0.3) is 0 Å². The predicted molar refractivity (Wildman–Crippen MR) is 53.5 cm³/mol. The van der Waals surface area contributed by atoms with Crippen molar-refractivity contribution in [2.24, 2.45) is 0 Å². The van der Waals surface area contributed by atoms with E-state index in [9.17, 15) is 4.79 Å². The summed E-state index contributed by atoms with van der Waals surface area (Å²) in [5, 5.41) is 0. The van der Waals surface area contributed by atoms with Gasteiger partial charge in [-0.25, -0.2) is 0 Å². The third-order valence-corrected chi connectivity index (χ3v) is 2.61. The van der Waals surface area contributed by atoms with Gasteiger partial charge in [0, 0.05) is 0 Å². The monoisotopic (exact) mass is 190 g/mol. The van der Waals surface area contributed by atoms with Crippen molar-refractivity contribution in [3.63, 3.8) is 0 Å².